The molecule has 0 bridgehead atoms. The smallest absolute Gasteiger partial charge is 0.240 e. The summed E-state index contributed by atoms with van der Waals surface area (Å²) >= 11 is 0. The Labute approximate surface area is 109 Å². The number of hydrogen-bond donors (Lipinski definition) is 2. The van der Waals surface area contributed by atoms with E-state index < -0.39 is 10.0 Å². The van der Waals surface area contributed by atoms with E-state index in [4.69, 9.17) is 0 Å². The van der Waals surface area contributed by atoms with E-state index in [0.29, 0.717) is 6.54 Å². The van der Waals surface area contributed by atoms with Gasteiger partial charge in [0.2, 0.25) is 10.0 Å². The SMILES string of the molecule is C=CC(C)Nc1ccc(S(=O)(=O)NCCC)cc1. The Morgan fingerprint density at radius 2 is 1.94 bits per heavy atom. The number of hydrogen-bond acceptors (Lipinski definition) is 3. The summed E-state index contributed by atoms with van der Waals surface area (Å²) in [4.78, 5) is 0.285. The van der Waals surface area contributed by atoms with Crippen molar-refractivity contribution in [3.63, 3.8) is 0 Å². The van der Waals surface area contributed by atoms with Gasteiger partial charge in [-0.05, 0) is 37.6 Å². The Balaban J connectivity index is 2.79. The molecule has 0 aliphatic rings. The summed E-state index contributed by atoms with van der Waals surface area (Å²) in [6.45, 7) is 8.03. The van der Waals surface area contributed by atoms with Crippen molar-refractivity contribution < 1.29 is 8.42 Å². The van der Waals surface area contributed by atoms with Crippen molar-refractivity contribution in [2.45, 2.75) is 31.2 Å². The van der Waals surface area contributed by atoms with E-state index in [1.165, 1.54) is 0 Å². The highest BCUT2D eigenvalue weighted by atomic mass is 32.2. The molecule has 1 atom stereocenters. The summed E-state index contributed by atoms with van der Waals surface area (Å²) in [5, 5.41) is 3.18. The van der Waals surface area contributed by atoms with Crippen molar-refractivity contribution in [1.29, 1.82) is 0 Å². The lowest BCUT2D eigenvalue weighted by Gasteiger charge is -2.11. The van der Waals surface area contributed by atoms with Gasteiger partial charge in [0.05, 0.1) is 4.90 Å². The minimum atomic E-state index is -3.37. The average molecular weight is 268 g/mol. The minimum Gasteiger partial charge on any atom is -0.379 e. The van der Waals surface area contributed by atoms with Crippen molar-refractivity contribution >= 4 is 15.7 Å². The zero-order chi connectivity index (χ0) is 13.6. The van der Waals surface area contributed by atoms with Crippen LogP contribution in [0, 0.1) is 0 Å². The van der Waals surface area contributed by atoms with Gasteiger partial charge in [-0.2, -0.15) is 0 Å². The molecule has 0 aliphatic carbocycles. The maximum Gasteiger partial charge on any atom is 0.240 e. The Morgan fingerprint density at radius 3 is 2.44 bits per heavy atom. The molecule has 100 valence electrons. The summed E-state index contributed by atoms with van der Waals surface area (Å²) in [6, 6.07) is 6.83. The fourth-order valence-electron chi connectivity index (χ4n) is 1.37. The highest BCUT2D eigenvalue weighted by Gasteiger charge is 2.12. The van der Waals surface area contributed by atoms with Crippen LogP contribution < -0.4 is 10.0 Å². The first-order valence-corrected chi connectivity index (χ1v) is 7.46. The van der Waals surface area contributed by atoms with E-state index in [2.05, 4.69) is 16.6 Å². The van der Waals surface area contributed by atoms with Crippen LogP contribution in [-0.4, -0.2) is 21.0 Å². The Kier molecular flexibility index (Phi) is 5.37. The largest absolute Gasteiger partial charge is 0.379 e. The van der Waals surface area contributed by atoms with Crippen LogP contribution in [0.2, 0.25) is 0 Å². The van der Waals surface area contributed by atoms with Crippen LogP contribution >= 0.6 is 0 Å². The predicted molar refractivity (Wildman–Crippen MR) is 75.2 cm³/mol. The van der Waals surface area contributed by atoms with Crippen LogP contribution in [0.25, 0.3) is 0 Å². The summed E-state index contributed by atoms with van der Waals surface area (Å²) in [5.41, 5.74) is 0.872. The molecule has 0 aromatic heterocycles. The second kappa shape index (κ2) is 6.56. The van der Waals surface area contributed by atoms with Gasteiger partial charge < -0.3 is 5.32 Å². The van der Waals surface area contributed by atoms with Crippen LogP contribution in [0.1, 0.15) is 20.3 Å². The van der Waals surface area contributed by atoms with Crippen LogP contribution in [-0.2, 0) is 10.0 Å². The molecular weight excluding hydrogens is 248 g/mol. The summed E-state index contributed by atoms with van der Waals surface area (Å²) in [5.74, 6) is 0. The molecular formula is C13H20N2O2S. The average Bonchev–Trinajstić information content (AvgIpc) is 2.37. The lowest BCUT2D eigenvalue weighted by molar-refractivity contribution is 0.581. The fourth-order valence-corrected chi connectivity index (χ4v) is 2.51. The highest BCUT2D eigenvalue weighted by Crippen LogP contribution is 2.14. The zero-order valence-corrected chi connectivity index (χ0v) is 11.6. The maximum absolute atomic E-state index is 11.8. The third-order valence-corrected chi connectivity index (χ3v) is 3.93. The van der Waals surface area contributed by atoms with Crippen LogP contribution in [0.15, 0.2) is 41.8 Å². The van der Waals surface area contributed by atoms with Gasteiger partial charge in [-0.15, -0.1) is 6.58 Å². The minimum absolute atomic E-state index is 0.144. The van der Waals surface area contributed by atoms with Gasteiger partial charge in [-0.25, -0.2) is 13.1 Å². The third-order valence-electron chi connectivity index (χ3n) is 2.45. The molecule has 0 saturated carbocycles. The molecule has 0 radical (unpaired) electrons. The lowest BCUT2D eigenvalue weighted by atomic mass is 10.2. The monoisotopic (exact) mass is 268 g/mol. The van der Waals surface area contributed by atoms with Crippen molar-refractivity contribution in [2.24, 2.45) is 0 Å². The number of nitrogens with one attached hydrogen (secondary N) is 2. The van der Waals surface area contributed by atoms with E-state index in [-0.39, 0.29) is 10.9 Å². The Morgan fingerprint density at radius 1 is 1.33 bits per heavy atom. The molecule has 0 saturated heterocycles. The normalized spacial score (nSPS) is 13.0. The standard InChI is InChI=1S/C13H20N2O2S/c1-4-10-14-18(16,17)13-8-6-12(7-9-13)15-11(3)5-2/h5-9,11,14-15H,2,4,10H2,1,3H3. The van der Waals surface area contributed by atoms with E-state index in [1.54, 1.807) is 30.3 Å². The Hall–Kier alpha value is -1.33. The Bertz CT molecular complexity index is 480. The van der Waals surface area contributed by atoms with Gasteiger partial charge in [0.15, 0.2) is 0 Å². The number of benzene rings is 1. The van der Waals surface area contributed by atoms with Crippen LogP contribution in [0.3, 0.4) is 0 Å². The van der Waals surface area contributed by atoms with Crippen LogP contribution in [0.4, 0.5) is 5.69 Å². The molecule has 0 aliphatic heterocycles. The van der Waals surface area contributed by atoms with E-state index in [1.807, 2.05) is 13.8 Å². The fraction of sp³-hybridized carbons (Fsp3) is 0.385. The van der Waals surface area contributed by atoms with E-state index in [9.17, 15) is 8.42 Å². The van der Waals surface area contributed by atoms with Crippen LogP contribution in [0.5, 0.6) is 0 Å². The first-order chi connectivity index (χ1) is 8.49. The molecule has 0 spiro atoms. The first-order valence-electron chi connectivity index (χ1n) is 5.98. The van der Waals surface area contributed by atoms with Crippen molar-refractivity contribution in [1.82, 2.24) is 4.72 Å². The molecule has 0 heterocycles. The maximum atomic E-state index is 11.8. The molecule has 1 unspecified atom stereocenters. The molecule has 1 rings (SSSR count). The van der Waals surface area contributed by atoms with E-state index in [0.717, 1.165) is 12.1 Å². The highest BCUT2D eigenvalue weighted by molar-refractivity contribution is 7.89. The number of rotatable bonds is 7. The lowest BCUT2D eigenvalue weighted by Crippen LogP contribution is -2.24. The van der Waals surface area contributed by atoms with Crippen molar-refractivity contribution in [3.05, 3.63) is 36.9 Å². The van der Waals surface area contributed by atoms with Crippen molar-refractivity contribution in [3.8, 4) is 0 Å². The summed E-state index contributed by atoms with van der Waals surface area (Å²) < 4.78 is 26.2. The quantitative estimate of drug-likeness (QED) is 0.746. The topological polar surface area (TPSA) is 58.2 Å². The molecule has 2 N–H and O–H groups in total. The van der Waals surface area contributed by atoms with Gasteiger partial charge in [0.25, 0.3) is 0 Å². The second-order valence-electron chi connectivity index (χ2n) is 4.09. The van der Waals surface area contributed by atoms with Gasteiger partial charge >= 0.3 is 0 Å². The summed E-state index contributed by atoms with van der Waals surface area (Å²) in [7, 11) is -3.37. The first kappa shape index (κ1) is 14.7. The second-order valence-corrected chi connectivity index (χ2v) is 5.86. The number of anilines is 1. The van der Waals surface area contributed by atoms with Crippen molar-refractivity contribution in [2.75, 3.05) is 11.9 Å². The summed E-state index contributed by atoms with van der Waals surface area (Å²) in [6.07, 6.45) is 2.56. The predicted octanol–water partition coefficient (Wildman–Crippen LogP) is 2.36. The van der Waals surface area contributed by atoms with Gasteiger partial charge in [-0.1, -0.05) is 13.0 Å². The molecule has 5 heteroatoms. The molecule has 1 aromatic rings. The molecule has 0 fully saturated rings. The molecule has 1 aromatic carbocycles. The van der Waals surface area contributed by atoms with Gasteiger partial charge in [0, 0.05) is 18.3 Å². The molecule has 18 heavy (non-hydrogen) atoms. The van der Waals surface area contributed by atoms with Gasteiger partial charge in [0.1, 0.15) is 0 Å². The molecule has 0 amide bonds. The van der Waals surface area contributed by atoms with E-state index >= 15 is 0 Å². The molecule has 4 nitrogen and oxygen atoms in total. The zero-order valence-electron chi connectivity index (χ0n) is 10.8. The number of sulfonamides is 1. The third kappa shape index (κ3) is 4.16. The van der Waals surface area contributed by atoms with Gasteiger partial charge in [-0.3, -0.25) is 0 Å².